The summed E-state index contributed by atoms with van der Waals surface area (Å²) >= 11 is 1.89. The molecular weight excluding hydrogens is 400 g/mol. The first-order valence-corrected chi connectivity index (χ1v) is 11.8. The number of aromatic nitrogens is 4. The molecule has 0 N–H and O–H groups in total. The Kier molecular flexibility index (Phi) is 4.35. The zero-order chi connectivity index (χ0) is 21.1. The number of fused-ring (bicyclic) bond motifs is 3. The molecule has 0 spiro atoms. The molecule has 2 aliphatic rings. The van der Waals surface area contributed by atoms with Gasteiger partial charge in [0.1, 0.15) is 0 Å². The number of nitrogens with zero attached hydrogens (tertiary/aromatic N) is 4. The highest BCUT2D eigenvalue weighted by molar-refractivity contribution is 8.00. The zero-order valence-electron chi connectivity index (χ0n) is 18.1. The van der Waals surface area contributed by atoms with Crippen LogP contribution < -0.4 is 0 Å². The molecule has 0 fully saturated rings. The average Bonchev–Trinajstić information content (AvgIpc) is 3.41. The van der Waals surface area contributed by atoms with Gasteiger partial charge in [-0.2, -0.15) is 0 Å². The molecule has 1 aliphatic carbocycles. The van der Waals surface area contributed by atoms with Crippen LogP contribution in [0.2, 0.25) is 0 Å². The standard InChI is InChI=1S/C26H24N4S/c1-14-9-22(30-21-6-4-5-20(14)21)19-10-18-11-23(29-15(2)25(18)28-13-19)24-12-17-7-8-27-16(3)26(17)31-24/h7-11,13,24H,4-6,12H2,1-3H3. The molecule has 4 nitrogen and oxygen atoms in total. The molecule has 31 heavy (non-hydrogen) atoms. The van der Waals surface area contributed by atoms with Crippen molar-refractivity contribution >= 4 is 22.7 Å². The van der Waals surface area contributed by atoms with Crippen molar-refractivity contribution in [2.45, 2.75) is 56.6 Å². The minimum atomic E-state index is 0.324. The van der Waals surface area contributed by atoms with Crippen LogP contribution >= 0.6 is 11.8 Å². The quantitative estimate of drug-likeness (QED) is 0.401. The summed E-state index contributed by atoms with van der Waals surface area (Å²) in [6, 6.07) is 8.83. The zero-order valence-corrected chi connectivity index (χ0v) is 18.9. The molecule has 1 unspecified atom stereocenters. The van der Waals surface area contributed by atoms with Crippen molar-refractivity contribution in [3.8, 4) is 11.3 Å². The topological polar surface area (TPSA) is 51.6 Å². The van der Waals surface area contributed by atoms with E-state index in [2.05, 4.69) is 50.0 Å². The fourth-order valence-corrected chi connectivity index (χ4v) is 6.32. The second-order valence-corrected chi connectivity index (χ2v) is 9.94. The van der Waals surface area contributed by atoms with Crippen LogP contribution in [0.25, 0.3) is 22.2 Å². The normalized spacial score (nSPS) is 17.2. The third-order valence-corrected chi connectivity index (χ3v) is 8.07. The third kappa shape index (κ3) is 3.14. The molecule has 1 atom stereocenters. The van der Waals surface area contributed by atoms with Gasteiger partial charge in [-0.15, -0.1) is 11.8 Å². The molecule has 0 radical (unpaired) electrons. The lowest BCUT2D eigenvalue weighted by atomic mass is 10.0. The maximum atomic E-state index is 4.98. The highest BCUT2D eigenvalue weighted by atomic mass is 32.2. The predicted molar refractivity (Wildman–Crippen MR) is 126 cm³/mol. The van der Waals surface area contributed by atoms with E-state index in [1.54, 1.807) is 0 Å². The Bertz CT molecular complexity index is 1360. The van der Waals surface area contributed by atoms with Gasteiger partial charge in [0.15, 0.2) is 0 Å². The van der Waals surface area contributed by atoms with E-state index in [9.17, 15) is 0 Å². The monoisotopic (exact) mass is 424 g/mol. The fraction of sp³-hybridized carbons (Fsp3) is 0.308. The van der Waals surface area contributed by atoms with Gasteiger partial charge in [0.25, 0.3) is 0 Å². The van der Waals surface area contributed by atoms with Crippen LogP contribution in [-0.4, -0.2) is 19.9 Å². The Morgan fingerprint density at radius 3 is 2.74 bits per heavy atom. The Balaban J connectivity index is 1.41. The summed E-state index contributed by atoms with van der Waals surface area (Å²) < 4.78 is 0. The van der Waals surface area contributed by atoms with Crippen LogP contribution in [-0.2, 0) is 19.3 Å². The van der Waals surface area contributed by atoms with Crippen LogP contribution in [0.1, 0.15) is 51.1 Å². The van der Waals surface area contributed by atoms with Crippen LogP contribution in [0.5, 0.6) is 0 Å². The van der Waals surface area contributed by atoms with E-state index >= 15 is 0 Å². The van der Waals surface area contributed by atoms with E-state index in [0.717, 1.165) is 58.5 Å². The third-order valence-electron chi connectivity index (χ3n) is 6.59. The first kappa shape index (κ1) is 18.9. The number of pyridine rings is 4. The van der Waals surface area contributed by atoms with Gasteiger partial charge in [0.05, 0.1) is 33.5 Å². The number of thioether (sulfide) groups is 1. The van der Waals surface area contributed by atoms with Crippen molar-refractivity contribution < 1.29 is 0 Å². The van der Waals surface area contributed by atoms with E-state index < -0.39 is 0 Å². The molecular formula is C26H24N4S. The van der Waals surface area contributed by atoms with Crippen molar-refractivity contribution in [3.05, 3.63) is 76.1 Å². The number of rotatable bonds is 2. The van der Waals surface area contributed by atoms with Gasteiger partial charge in [-0.25, -0.2) is 0 Å². The van der Waals surface area contributed by atoms with Crippen molar-refractivity contribution in [2.75, 3.05) is 0 Å². The maximum absolute atomic E-state index is 4.98. The number of hydrogen-bond donors (Lipinski definition) is 0. The molecule has 5 heteroatoms. The molecule has 154 valence electrons. The number of aryl methyl sites for hydroxylation is 4. The summed E-state index contributed by atoms with van der Waals surface area (Å²) in [5.41, 5.74) is 11.8. The summed E-state index contributed by atoms with van der Waals surface area (Å²) in [5, 5.41) is 1.47. The van der Waals surface area contributed by atoms with Gasteiger partial charge in [-0.05, 0) is 87.4 Å². The van der Waals surface area contributed by atoms with E-state index in [4.69, 9.17) is 15.0 Å². The highest BCUT2D eigenvalue weighted by Crippen LogP contribution is 2.47. The summed E-state index contributed by atoms with van der Waals surface area (Å²) in [6.07, 6.45) is 8.33. The first-order valence-electron chi connectivity index (χ1n) is 10.9. The minimum Gasteiger partial charge on any atom is -0.260 e. The Morgan fingerprint density at radius 2 is 1.87 bits per heavy atom. The van der Waals surface area contributed by atoms with Gasteiger partial charge in [0, 0.05) is 33.9 Å². The number of hydrogen-bond acceptors (Lipinski definition) is 5. The predicted octanol–water partition coefficient (Wildman–Crippen LogP) is 5.89. The van der Waals surface area contributed by atoms with E-state index in [-0.39, 0.29) is 0 Å². The van der Waals surface area contributed by atoms with Crippen molar-refractivity contribution in [3.63, 3.8) is 0 Å². The molecule has 4 aromatic heterocycles. The van der Waals surface area contributed by atoms with Crippen LogP contribution in [0, 0.1) is 20.8 Å². The summed E-state index contributed by atoms with van der Waals surface area (Å²) in [7, 11) is 0. The van der Waals surface area contributed by atoms with Crippen molar-refractivity contribution in [1.82, 2.24) is 19.9 Å². The van der Waals surface area contributed by atoms with Crippen LogP contribution in [0.4, 0.5) is 0 Å². The van der Waals surface area contributed by atoms with E-state index in [0.29, 0.717) is 5.25 Å². The SMILES string of the molecule is Cc1cc(-c2cnc3c(C)nc(C4Cc5ccnc(C)c5S4)cc3c2)nc2c1CCC2. The Labute approximate surface area is 186 Å². The lowest BCUT2D eigenvalue weighted by Crippen LogP contribution is -2.00. The lowest BCUT2D eigenvalue weighted by Gasteiger charge is -2.13. The largest absolute Gasteiger partial charge is 0.260 e. The van der Waals surface area contributed by atoms with Gasteiger partial charge < -0.3 is 0 Å². The van der Waals surface area contributed by atoms with E-state index in [1.165, 1.54) is 33.7 Å². The summed E-state index contributed by atoms with van der Waals surface area (Å²) in [4.78, 5) is 20.5. The molecule has 5 heterocycles. The van der Waals surface area contributed by atoms with E-state index in [1.807, 2.05) is 24.2 Å². The van der Waals surface area contributed by atoms with Crippen molar-refractivity contribution in [2.24, 2.45) is 0 Å². The molecule has 0 saturated carbocycles. The van der Waals surface area contributed by atoms with Gasteiger partial charge in [-0.3, -0.25) is 19.9 Å². The second kappa shape index (κ2) is 7.13. The molecule has 4 aromatic rings. The average molecular weight is 425 g/mol. The van der Waals surface area contributed by atoms with Crippen LogP contribution in [0.15, 0.2) is 41.6 Å². The Morgan fingerprint density at radius 1 is 0.968 bits per heavy atom. The van der Waals surface area contributed by atoms with Gasteiger partial charge >= 0.3 is 0 Å². The second-order valence-electron chi connectivity index (χ2n) is 8.73. The molecule has 0 saturated heterocycles. The Hall–Kier alpha value is -2.79. The highest BCUT2D eigenvalue weighted by Gasteiger charge is 2.27. The summed E-state index contributed by atoms with van der Waals surface area (Å²) in [6.45, 7) is 6.37. The minimum absolute atomic E-state index is 0.324. The molecule has 0 bridgehead atoms. The summed E-state index contributed by atoms with van der Waals surface area (Å²) in [5.74, 6) is 0. The van der Waals surface area contributed by atoms with Crippen molar-refractivity contribution in [1.29, 1.82) is 0 Å². The lowest BCUT2D eigenvalue weighted by molar-refractivity contribution is 0.892. The molecule has 6 rings (SSSR count). The molecule has 0 aromatic carbocycles. The molecule has 1 aliphatic heterocycles. The van der Waals surface area contributed by atoms with Gasteiger partial charge in [-0.1, -0.05) is 0 Å². The maximum Gasteiger partial charge on any atom is 0.0914 e. The smallest absolute Gasteiger partial charge is 0.0914 e. The first-order chi connectivity index (χ1) is 15.1. The molecule has 0 amide bonds. The van der Waals surface area contributed by atoms with Gasteiger partial charge in [0.2, 0.25) is 0 Å². The van der Waals surface area contributed by atoms with Crippen LogP contribution in [0.3, 0.4) is 0 Å². The fourth-order valence-electron chi connectivity index (χ4n) is 5.01.